The molecule has 4 N–H and O–H groups in total. The lowest BCUT2D eigenvalue weighted by molar-refractivity contribution is -0.111. The largest absolute Gasteiger partial charge is 0.453 e. The van der Waals surface area contributed by atoms with Gasteiger partial charge in [-0.1, -0.05) is 48.5 Å². The number of alkyl carbamates (subject to hydrolysis) is 2. The molecule has 236 valence electrons. The third-order valence-electron chi connectivity index (χ3n) is 6.96. The van der Waals surface area contributed by atoms with Gasteiger partial charge in [0.25, 0.3) is 0 Å². The van der Waals surface area contributed by atoms with Crippen molar-refractivity contribution in [2.75, 3.05) is 27.3 Å². The number of nitrogens with one attached hydrogen (secondary N) is 4. The average Bonchev–Trinajstić information content (AvgIpc) is 3.74. The third-order valence-corrected chi connectivity index (χ3v) is 9.00. The molecule has 3 aromatic carbocycles. The molecular weight excluding hydrogens is 626 g/mol. The summed E-state index contributed by atoms with van der Waals surface area (Å²) in [6, 6.07) is 20.6. The van der Waals surface area contributed by atoms with Gasteiger partial charge in [0.1, 0.15) is 11.1 Å². The lowest BCUT2D eigenvalue weighted by Gasteiger charge is -2.07. The second-order valence-electron chi connectivity index (χ2n) is 10.1. The Kier molecular flexibility index (Phi) is 10.9. The van der Waals surface area contributed by atoms with Crippen LogP contribution in [0.2, 0.25) is 0 Å². The summed E-state index contributed by atoms with van der Waals surface area (Å²) in [5.41, 5.74) is 6.88. The van der Waals surface area contributed by atoms with Gasteiger partial charge >= 0.3 is 12.2 Å². The number of fused-ring (bicyclic) bond motifs is 1. The number of imidazole rings is 2. The molecule has 2 atom stereocenters. The Balaban J connectivity index is 1.19. The summed E-state index contributed by atoms with van der Waals surface area (Å²) < 4.78 is 9.01. The van der Waals surface area contributed by atoms with E-state index in [0.29, 0.717) is 11.1 Å². The van der Waals surface area contributed by atoms with Crippen LogP contribution in [0.1, 0.15) is 12.8 Å². The molecule has 0 aliphatic heterocycles. The van der Waals surface area contributed by atoms with Gasteiger partial charge in [0.15, 0.2) is 11.0 Å². The van der Waals surface area contributed by atoms with Crippen LogP contribution in [-0.2, 0) is 19.1 Å². The number of methoxy groups -OCH3 is 2. The Morgan fingerprint density at radius 2 is 1.07 bits per heavy atom. The summed E-state index contributed by atoms with van der Waals surface area (Å²) in [7, 11) is 2.30. The molecule has 2 aromatic heterocycles. The zero-order valence-electron chi connectivity index (χ0n) is 25.1. The quantitative estimate of drug-likeness (QED) is 0.135. The molecule has 2 unspecified atom stereocenters. The molecule has 0 aliphatic carbocycles. The standard InChI is InChI=1S/C32H32N6O6P2/c1-43-31(41)33-13-11-27(39)45-29-35-17-25(37-29)20-5-3-19(4-6-20)21-7-8-23-16-24(10-9-22(23)15-21)26-18-36-30(38-26)46-28(40)12-14-34-32(42)44-2/h3-10,15-18,45-46H,11-14H2,1-2H3,(H,33,41)(H,34,42)(H,35,37)(H,36,38). The van der Waals surface area contributed by atoms with Gasteiger partial charge in [-0.05, 0) is 39.6 Å². The first-order valence-electron chi connectivity index (χ1n) is 14.3. The molecule has 46 heavy (non-hydrogen) atoms. The number of H-pyrrole nitrogens is 2. The molecule has 0 saturated heterocycles. The first kappa shape index (κ1) is 32.5. The molecule has 5 aromatic rings. The summed E-state index contributed by atoms with van der Waals surface area (Å²) in [6.45, 7) is 0.442. The lowest BCUT2D eigenvalue weighted by Crippen LogP contribution is -2.25. The summed E-state index contributed by atoms with van der Waals surface area (Å²) in [4.78, 5) is 62.0. The number of benzene rings is 3. The van der Waals surface area contributed by atoms with E-state index in [1.807, 2.05) is 18.2 Å². The summed E-state index contributed by atoms with van der Waals surface area (Å²) in [5.74, 6) is 0. The number of hydrogen-bond acceptors (Lipinski definition) is 8. The Bertz CT molecular complexity index is 1870. The van der Waals surface area contributed by atoms with Crippen LogP contribution in [0, 0.1) is 0 Å². The van der Waals surface area contributed by atoms with E-state index in [1.165, 1.54) is 14.2 Å². The summed E-state index contributed by atoms with van der Waals surface area (Å²) in [5, 5.41) is 7.16. The highest BCUT2D eigenvalue weighted by Crippen LogP contribution is 2.29. The van der Waals surface area contributed by atoms with Gasteiger partial charge in [-0.25, -0.2) is 19.6 Å². The van der Waals surface area contributed by atoms with Crippen molar-refractivity contribution in [1.82, 2.24) is 30.6 Å². The van der Waals surface area contributed by atoms with Gasteiger partial charge in [0.2, 0.25) is 0 Å². The molecule has 0 fully saturated rings. The van der Waals surface area contributed by atoms with Crippen LogP contribution in [0.15, 0.2) is 73.1 Å². The van der Waals surface area contributed by atoms with Crippen molar-refractivity contribution in [3.05, 3.63) is 73.1 Å². The van der Waals surface area contributed by atoms with E-state index < -0.39 is 12.2 Å². The maximum Gasteiger partial charge on any atom is 0.406 e. The van der Waals surface area contributed by atoms with Gasteiger partial charge in [-0.3, -0.25) is 9.59 Å². The molecule has 2 heterocycles. The van der Waals surface area contributed by atoms with E-state index in [4.69, 9.17) is 0 Å². The van der Waals surface area contributed by atoms with Crippen molar-refractivity contribution in [1.29, 1.82) is 0 Å². The van der Waals surface area contributed by atoms with Gasteiger partial charge < -0.3 is 30.1 Å². The van der Waals surface area contributed by atoms with Gasteiger partial charge in [-0.2, -0.15) is 0 Å². The number of carbonyl (C=O) groups is 4. The highest BCUT2D eigenvalue weighted by Gasteiger charge is 2.12. The minimum atomic E-state index is -0.560. The van der Waals surface area contributed by atoms with Crippen LogP contribution in [0.3, 0.4) is 0 Å². The van der Waals surface area contributed by atoms with Crippen molar-refractivity contribution in [2.45, 2.75) is 12.8 Å². The van der Waals surface area contributed by atoms with E-state index in [2.05, 4.69) is 82.5 Å². The average molecular weight is 659 g/mol. The molecule has 0 saturated carbocycles. The molecule has 14 heteroatoms. The Hall–Kier alpha value is -4.92. The lowest BCUT2D eigenvalue weighted by atomic mass is 9.98. The van der Waals surface area contributed by atoms with E-state index >= 15 is 0 Å². The number of nitrogens with zero attached hydrogens (tertiary/aromatic N) is 2. The Morgan fingerprint density at radius 1 is 0.630 bits per heavy atom. The first-order chi connectivity index (χ1) is 22.3. The van der Waals surface area contributed by atoms with E-state index in [9.17, 15) is 19.2 Å². The highest BCUT2D eigenvalue weighted by molar-refractivity contribution is 7.65. The fourth-order valence-electron chi connectivity index (χ4n) is 4.59. The Morgan fingerprint density at radius 3 is 1.59 bits per heavy atom. The van der Waals surface area contributed by atoms with E-state index in [-0.39, 0.29) is 54.1 Å². The zero-order valence-corrected chi connectivity index (χ0v) is 27.1. The fourth-order valence-corrected chi connectivity index (χ4v) is 6.27. The van der Waals surface area contributed by atoms with Gasteiger partial charge in [0.05, 0.1) is 38.0 Å². The number of ether oxygens (including phenoxy) is 2. The second kappa shape index (κ2) is 15.4. The number of hydrogen-bond donors (Lipinski definition) is 4. The molecule has 2 amide bonds. The number of aromatic amines is 2. The van der Waals surface area contributed by atoms with Crippen LogP contribution < -0.4 is 21.8 Å². The monoisotopic (exact) mass is 658 g/mol. The maximum atomic E-state index is 12.3. The van der Waals surface area contributed by atoms with Crippen LogP contribution >= 0.6 is 17.2 Å². The van der Waals surface area contributed by atoms with Crippen molar-refractivity contribution >= 4 is 62.3 Å². The SMILES string of the molecule is COC(=O)NCCC(=O)Pc1ncc(-c2ccc(-c3ccc4cc(-c5cnc(PC(=O)CCNC(=O)OC)[nH]5)ccc4c3)cc2)[nH]1. The normalized spacial score (nSPS) is 11.3. The minimum Gasteiger partial charge on any atom is -0.453 e. The molecule has 5 rings (SSSR count). The molecule has 0 radical (unpaired) electrons. The van der Waals surface area contributed by atoms with E-state index in [1.54, 1.807) is 12.4 Å². The smallest absolute Gasteiger partial charge is 0.406 e. The number of rotatable bonds is 13. The topological polar surface area (TPSA) is 168 Å². The van der Waals surface area contributed by atoms with Crippen molar-refractivity contribution in [3.63, 3.8) is 0 Å². The predicted molar refractivity (Wildman–Crippen MR) is 181 cm³/mol. The Labute approximate surface area is 268 Å². The van der Waals surface area contributed by atoms with Crippen LogP contribution in [0.5, 0.6) is 0 Å². The zero-order chi connectivity index (χ0) is 32.5. The number of amides is 2. The van der Waals surface area contributed by atoms with Crippen molar-refractivity contribution < 1.29 is 28.7 Å². The minimum absolute atomic E-state index is 0.0130. The molecule has 0 aliphatic rings. The van der Waals surface area contributed by atoms with Crippen LogP contribution in [0.4, 0.5) is 9.59 Å². The summed E-state index contributed by atoms with van der Waals surface area (Å²) in [6.07, 6.45) is 2.74. The second-order valence-corrected chi connectivity index (χ2v) is 12.6. The third kappa shape index (κ3) is 8.62. The molecule has 0 bridgehead atoms. The van der Waals surface area contributed by atoms with Crippen molar-refractivity contribution in [3.8, 4) is 33.6 Å². The number of aromatic nitrogens is 4. The van der Waals surface area contributed by atoms with Gasteiger partial charge in [-0.15, -0.1) is 0 Å². The molecule has 12 nitrogen and oxygen atoms in total. The predicted octanol–water partition coefficient (Wildman–Crippen LogP) is 4.44. The first-order valence-corrected chi connectivity index (χ1v) is 16.3. The molecule has 0 spiro atoms. The number of carbonyl (C=O) groups excluding carboxylic acids is 4. The fraction of sp³-hybridized carbons (Fsp3) is 0.188. The molecular formula is C32H32N6O6P2. The maximum absolute atomic E-state index is 12.3. The van der Waals surface area contributed by atoms with Crippen LogP contribution in [0.25, 0.3) is 44.4 Å². The highest BCUT2D eigenvalue weighted by atomic mass is 31.1. The summed E-state index contributed by atoms with van der Waals surface area (Å²) >= 11 is 0. The van der Waals surface area contributed by atoms with Crippen molar-refractivity contribution in [2.24, 2.45) is 0 Å². The van der Waals surface area contributed by atoms with E-state index in [0.717, 1.165) is 44.4 Å². The van der Waals surface area contributed by atoms with Crippen LogP contribution in [-0.4, -0.2) is 70.5 Å². The van der Waals surface area contributed by atoms with Gasteiger partial charge in [0, 0.05) is 48.7 Å².